The highest BCUT2D eigenvalue weighted by molar-refractivity contribution is 5.98. The molecule has 4 atom stereocenters. The average Bonchev–Trinajstić information content (AvgIpc) is 3.50. The molecule has 6 heteroatoms. The number of ether oxygens (including phenoxy) is 1. The molecule has 2 aliphatic heterocycles. The van der Waals surface area contributed by atoms with E-state index in [1.54, 1.807) is 14.0 Å². The Bertz CT molecular complexity index is 1700. The van der Waals surface area contributed by atoms with Gasteiger partial charge in [0.15, 0.2) is 5.78 Å². The Morgan fingerprint density at radius 1 is 1.10 bits per heavy atom. The van der Waals surface area contributed by atoms with Crippen LogP contribution in [0.1, 0.15) is 113 Å². The van der Waals surface area contributed by atoms with Gasteiger partial charge in [-0.25, -0.2) is 0 Å². The smallest absolute Gasteiger partial charge is 0.231 e. The van der Waals surface area contributed by atoms with Crippen molar-refractivity contribution in [3.63, 3.8) is 0 Å². The molecule has 5 rings (SSSR count). The summed E-state index contributed by atoms with van der Waals surface area (Å²) in [7, 11) is 6.02. The molecule has 0 radical (unpaired) electrons. The van der Waals surface area contributed by atoms with Crippen molar-refractivity contribution in [1.29, 1.82) is 0 Å². The highest BCUT2D eigenvalue weighted by atomic mass is 16.5. The lowest BCUT2D eigenvalue weighted by molar-refractivity contribution is -0.144. The van der Waals surface area contributed by atoms with E-state index in [2.05, 4.69) is 106 Å². The summed E-state index contributed by atoms with van der Waals surface area (Å²) >= 11 is 0. The molecule has 1 aliphatic carbocycles. The van der Waals surface area contributed by atoms with Crippen LogP contribution in [0.25, 0.3) is 11.6 Å². The summed E-state index contributed by atoms with van der Waals surface area (Å²) in [6, 6.07) is 13.2. The second kappa shape index (κ2) is 17.3. The molecular formula is C46H63N3O3. The summed E-state index contributed by atoms with van der Waals surface area (Å²) in [6.45, 7) is 15.6. The van der Waals surface area contributed by atoms with Crippen LogP contribution in [0.15, 0.2) is 72.9 Å². The van der Waals surface area contributed by atoms with Crippen LogP contribution in [-0.2, 0) is 11.2 Å². The third kappa shape index (κ3) is 8.82. The van der Waals surface area contributed by atoms with Crippen LogP contribution in [0.3, 0.4) is 0 Å². The quantitative estimate of drug-likeness (QED) is 0.172. The lowest BCUT2D eigenvalue weighted by Gasteiger charge is -2.42. The maximum atomic E-state index is 15.4. The number of fused-ring (bicyclic) bond motifs is 2. The zero-order chi connectivity index (χ0) is 37.6. The fourth-order valence-corrected chi connectivity index (χ4v) is 8.97. The van der Waals surface area contributed by atoms with Crippen LogP contribution in [0.4, 0.5) is 5.69 Å². The van der Waals surface area contributed by atoms with E-state index in [4.69, 9.17) is 4.74 Å². The Balaban J connectivity index is 1.56. The summed E-state index contributed by atoms with van der Waals surface area (Å²) in [5.74, 6) is 1.52. The highest BCUT2D eigenvalue weighted by Crippen LogP contribution is 2.44. The van der Waals surface area contributed by atoms with E-state index >= 15 is 4.79 Å². The van der Waals surface area contributed by atoms with Gasteiger partial charge in [-0.2, -0.15) is 0 Å². The van der Waals surface area contributed by atoms with Crippen molar-refractivity contribution in [3.8, 4) is 5.75 Å². The first-order valence-corrected chi connectivity index (χ1v) is 19.6. The molecule has 0 bridgehead atoms. The van der Waals surface area contributed by atoms with Gasteiger partial charge in [-0.1, -0.05) is 74.4 Å². The SMILES string of the molecule is C=C/C=C\C(=C/C)CN(C)C(C)CC1CCC(C)N1C(=O)C1(C)Cc2cc(OC)ccc2/C=C(\C2CCCCC2)c2ccc(C(C)=O)cc2N(C)C1. The first kappa shape index (κ1) is 39.3. The molecule has 0 N–H and O–H groups in total. The van der Waals surface area contributed by atoms with Crippen LogP contribution in [0, 0.1) is 11.3 Å². The molecule has 2 aromatic carbocycles. The third-order valence-corrected chi connectivity index (χ3v) is 12.2. The van der Waals surface area contributed by atoms with Gasteiger partial charge >= 0.3 is 0 Å². The van der Waals surface area contributed by atoms with Gasteiger partial charge in [0.25, 0.3) is 0 Å². The van der Waals surface area contributed by atoms with Crippen LogP contribution in [0.5, 0.6) is 5.75 Å². The van der Waals surface area contributed by atoms with E-state index in [-0.39, 0.29) is 23.8 Å². The second-order valence-corrected chi connectivity index (χ2v) is 16.1. The molecule has 1 amide bonds. The first-order valence-electron chi connectivity index (χ1n) is 19.6. The van der Waals surface area contributed by atoms with Gasteiger partial charge in [0.05, 0.1) is 12.5 Å². The number of ketones is 1. The molecule has 2 aromatic rings. The monoisotopic (exact) mass is 705 g/mol. The van der Waals surface area contributed by atoms with Crippen molar-refractivity contribution in [2.24, 2.45) is 11.3 Å². The number of hydrogen-bond acceptors (Lipinski definition) is 5. The van der Waals surface area contributed by atoms with Crippen molar-refractivity contribution in [3.05, 3.63) is 95.1 Å². The van der Waals surface area contributed by atoms with E-state index < -0.39 is 5.41 Å². The minimum absolute atomic E-state index is 0.0545. The first-order chi connectivity index (χ1) is 24.9. The standard InChI is InChI=1S/C46H63N3O3/c1-10-12-16-35(11-2)30-47(7)33(4)25-40-22-19-32(3)49(40)45(51)46(6)29-39-26-41(52-9)23-20-38(39)27-43(36-17-14-13-15-18-36)42-24-21-37(34(5)50)28-44(42)48(8)31-46/h10-12,16,20-21,23-24,26-28,32-33,36,40H,1,13-15,17-19,22,25,29-31H2,2-9H3/b16-12-,35-11+,43-27+. The number of likely N-dealkylation sites (tertiary alicyclic amines) is 1. The predicted octanol–water partition coefficient (Wildman–Crippen LogP) is 9.80. The largest absolute Gasteiger partial charge is 0.497 e. The van der Waals surface area contributed by atoms with Gasteiger partial charge in [-0.3, -0.25) is 14.5 Å². The number of anilines is 1. The summed E-state index contributed by atoms with van der Waals surface area (Å²) in [4.78, 5) is 35.0. The van der Waals surface area contributed by atoms with Crippen molar-refractivity contribution in [2.45, 2.75) is 111 Å². The number of amides is 1. The molecule has 3 aliphatic rings. The number of hydrogen-bond donors (Lipinski definition) is 0. The van der Waals surface area contributed by atoms with Gasteiger partial charge in [0.1, 0.15) is 5.75 Å². The highest BCUT2D eigenvalue weighted by Gasteiger charge is 2.45. The van der Waals surface area contributed by atoms with Crippen molar-refractivity contribution < 1.29 is 14.3 Å². The number of carbonyl (C=O) groups is 2. The number of carbonyl (C=O) groups excluding carboxylic acids is 2. The number of methoxy groups -OCH3 is 1. The third-order valence-electron chi connectivity index (χ3n) is 12.2. The number of likely N-dealkylation sites (N-methyl/N-ethyl adjacent to an activating group) is 1. The van der Waals surface area contributed by atoms with Crippen LogP contribution in [0.2, 0.25) is 0 Å². The maximum Gasteiger partial charge on any atom is 0.231 e. The Morgan fingerprint density at radius 2 is 1.85 bits per heavy atom. The molecule has 0 aromatic heterocycles. The molecule has 52 heavy (non-hydrogen) atoms. The summed E-state index contributed by atoms with van der Waals surface area (Å²) in [5, 5.41) is 0. The fraction of sp³-hybridized carbons (Fsp3) is 0.522. The predicted molar refractivity (Wildman–Crippen MR) is 218 cm³/mol. The van der Waals surface area contributed by atoms with Gasteiger partial charge < -0.3 is 14.5 Å². The molecule has 2 heterocycles. The molecular weight excluding hydrogens is 643 g/mol. The number of Topliss-reactive ketones (excluding diaryl/α,β-unsaturated/α-hetero) is 1. The van der Waals surface area contributed by atoms with E-state index in [1.807, 2.05) is 24.3 Å². The van der Waals surface area contributed by atoms with Gasteiger partial charge in [-0.05, 0) is 127 Å². The zero-order valence-corrected chi connectivity index (χ0v) is 33.2. The molecule has 6 nitrogen and oxygen atoms in total. The molecule has 1 saturated heterocycles. The average molecular weight is 706 g/mol. The lowest BCUT2D eigenvalue weighted by atomic mass is 9.76. The summed E-state index contributed by atoms with van der Waals surface area (Å²) < 4.78 is 5.77. The fourth-order valence-electron chi connectivity index (χ4n) is 8.97. The van der Waals surface area contributed by atoms with E-state index in [0.29, 0.717) is 30.5 Å². The van der Waals surface area contributed by atoms with Crippen LogP contribution in [-0.4, -0.2) is 73.9 Å². The van der Waals surface area contributed by atoms with Gasteiger partial charge in [-0.15, -0.1) is 0 Å². The minimum Gasteiger partial charge on any atom is -0.497 e. The van der Waals surface area contributed by atoms with Crippen LogP contribution < -0.4 is 9.64 Å². The van der Waals surface area contributed by atoms with E-state index in [9.17, 15) is 4.79 Å². The number of rotatable bonds is 11. The Hall–Kier alpha value is -3.90. The molecule has 280 valence electrons. The molecule has 0 spiro atoms. The minimum atomic E-state index is -0.741. The van der Waals surface area contributed by atoms with Crippen molar-refractivity contribution in [2.75, 3.05) is 39.2 Å². The van der Waals surface area contributed by atoms with Crippen LogP contribution >= 0.6 is 0 Å². The normalized spacial score (nSPS) is 24.6. The molecule has 2 fully saturated rings. The lowest BCUT2D eigenvalue weighted by Crippen LogP contribution is -2.53. The van der Waals surface area contributed by atoms with E-state index in [1.165, 1.54) is 36.0 Å². The Morgan fingerprint density at radius 3 is 2.52 bits per heavy atom. The number of allylic oxidation sites excluding steroid dienone is 4. The maximum absolute atomic E-state index is 15.4. The summed E-state index contributed by atoms with van der Waals surface area (Å²) in [5.41, 5.74) is 7.05. The summed E-state index contributed by atoms with van der Waals surface area (Å²) in [6.07, 6.45) is 20.1. The van der Waals surface area contributed by atoms with Gasteiger partial charge in [0, 0.05) is 55.1 Å². The Kier molecular flexibility index (Phi) is 13.1. The van der Waals surface area contributed by atoms with Crippen molar-refractivity contribution in [1.82, 2.24) is 9.80 Å². The second-order valence-electron chi connectivity index (χ2n) is 16.1. The number of benzene rings is 2. The van der Waals surface area contributed by atoms with E-state index in [0.717, 1.165) is 61.2 Å². The zero-order valence-electron chi connectivity index (χ0n) is 33.2. The van der Waals surface area contributed by atoms with Gasteiger partial charge in [0.2, 0.25) is 5.91 Å². The topological polar surface area (TPSA) is 53.1 Å². The Labute approximate surface area is 314 Å². The number of nitrogens with zero attached hydrogens (tertiary/aromatic N) is 3. The molecule has 1 saturated carbocycles. The van der Waals surface area contributed by atoms with Crippen molar-refractivity contribution >= 4 is 29.0 Å². The molecule has 4 unspecified atom stereocenters.